The van der Waals surface area contributed by atoms with Crippen molar-refractivity contribution in [1.29, 1.82) is 0 Å². The molecule has 0 N–H and O–H groups in total. The summed E-state index contributed by atoms with van der Waals surface area (Å²) in [7, 11) is 0. The number of ether oxygens (including phenoxy) is 1. The van der Waals surface area contributed by atoms with Crippen LogP contribution in [0.25, 0.3) is 22.2 Å². The second kappa shape index (κ2) is 8.61. The molecule has 1 atom stereocenters. The number of para-hydroxylation sites is 1. The Morgan fingerprint density at radius 1 is 1.17 bits per heavy atom. The molecule has 1 aliphatic rings. The lowest BCUT2D eigenvalue weighted by molar-refractivity contribution is -0.136. The van der Waals surface area contributed by atoms with Crippen LogP contribution in [-0.4, -0.2) is 41.5 Å². The van der Waals surface area contributed by atoms with E-state index in [1.807, 2.05) is 12.1 Å². The molecule has 30 heavy (non-hydrogen) atoms. The summed E-state index contributed by atoms with van der Waals surface area (Å²) in [6, 6.07) is 14.8. The van der Waals surface area contributed by atoms with Crippen LogP contribution in [0.15, 0.2) is 54.6 Å². The first-order valence-electron chi connectivity index (χ1n) is 10.1. The van der Waals surface area contributed by atoms with Gasteiger partial charge >= 0.3 is 5.97 Å². The van der Waals surface area contributed by atoms with Crippen LogP contribution in [-0.2, 0) is 9.53 Å². The first kappa shape index (κ1) is 20.0. The third kappa shape index (κ3) is 4.32. The maximum absolute atomic E-state index is 13.3. The van der Waals surface area contributed by atoms with Gasteiger partial charge in [-0.2, -0.15) is 0 Å². The fraction of sp³-hybridized carbons (Fsp3) is 0.292. The number of aromatic nitrogens is 1. The van der Waals surface area contributed by atoms with Gasteiger partial charge in [-0.3, -0.25) is 4.79 Å². The average molecular weight is 406 g/mol. The number of rotatable bonds is 4. The normalized spacial score (nSPS) is 16.5. The number of benzene rings is 2. The van der Waals surface area contributed by atoms with Crippen molar-refractivity contribution in [2.75, 3.05) is 19.7 Å². The second-order valence-electron chi connectivity index (χ2n) is 7.74. The number of carbonyl (C=O) groups is 2. The minimum absolute atomic E-state index is 0.174. The van der Waals surface area contributed by atoms with Gasteiger partial charge in [0.15, 0.2) is 6.61 Å². The number of halogens is 1. The van der Waals surface area contributed by atoms with Crippen LogP contribution in [0.2, 0.25) is 0 Å². The van der Waals surface area contributed by atoms with E-state index in [1.54, 1.807) is 35.2 Å². The lowest BCUT2D eigenvalue weighted by atomic mass is 10.0. The largest absolute Gasteiger partial charge is 0.452 e. The number of nitrogens with zero attached hydrogens (tertiary/aromatic N) is 2. The molecule has 0 spiro atoms. The van der Waals surface area contributed by atoms with Crippen LogP contribution >= 0.6 is 0 Å². The zero-order chi connectivity index (χ0) is 21.1. The topological polar surface area (TPSA) is 59.5 Å². The molecule has 3 aromatic rings. The Labute approximate surface area is 174 Å². The van der Waals surface area contributed by atoms with Gasteiger partial charge in [-0.25, -0.2) is 14.2 Å². The van der Waals surface area contributed by atoms with Crippen molar-refractivity contribution in [3.8, 4) is 11.3 Å². The number of hydrogen-bond donors (Lipinski definition) is 0. The Kier molecular flexibility index (Phi) is 5.74. The van der Waals surface area contributed by atoms with E-state index in [0.29, 0.717) is 46.7 Å². The Hall–Kier alpha value is -3.28. The number of esters is 1. The molecule has 1 aliphatic heterocycles. The summed E-state index contributed by atoms with van der Waals surface area (Å²) in [4.78, 5) is 31.7. The first-order chi connectivity index (χ1) is 14.5. The Bertz CT molecular complexity index is 1080. The maximum Gasteiger partial charge on any atom is 0.339 e. The lowest BCUT2D eigenvalue weighted by Crippen LogP contribution is -2.41. The Morgan fingerprint density at radius 3 is 2.70 bits per heavy atom. The quantitative estimate of drug-likeness (QED) is 0.601. The highest BCUT2D eigenvalue weighted by Gasteiger charge is 2.23. The van der Waals surface area contributed by atoms with Crippen molar-refractivity contribution in [1.82, 2.24) is 9.88 Å². The lowest BCUT2D eigenvalue weighted by Gasteiger charge is -2.30. The minimum atomic E-state index is -0.574. The van der Waals surface area contributed by atoms with Crippen molar-refractivity contribution in [2.24, 2.45) is 5.92 Å². The van der Waals surface area contributed by atoms with Crippen molar-refractivity contribution in [2.45, 2.75) is 19.8 Å². The van der Waals surface area contributed by atoms with Crippen molar-refractivity contribution in [3.05, 3.63) is 66.0 Å². The van der Waals surface area contributed by atoms with E-state index in [9.17, 15) is 14.0 Å². The minimum Gasteiger partial charge on any atom is -0.452 e. The molecule has 6 heteroatoms. The molecule has 5 nitrogen and oxygen atoms in total. The van der Waals surface area contributed by atoms with Gasteiger partial charge < -0.3 is 9.64 Å². The van der Waals surface area contributed by atoms with E-state index in [1.165, 1.54) is 12.1 Å². The molecule has 0 saturated carbocycles. The van der Waals surface area contributed by atoms with Gasteiger partial charge in [0.05, 0.1) is 16.8 Å². The Morgan fingerprint density at radius 2 is 1.93 bits per heavy atom. The number of likely N-dealkylation sites (tertiary alicyclic amines) is 1. The summed E-state index contributed by atoms with van der Waals surface area (Å²) < 4.78 is 18.7. The summed E-state index contributed by atoms with van der Waals surface area (Å²) in [6.45, 7) is 3.23. The van der Waals surface area contributed by atoms with Gasteiger partial charge in [0.25, 0.3) is 5.91 Å². The molecule has 0 bridgehead atoms. The van der Waals surface area contributed by atoms with Crippen LogP contribution in [0.4, 0.5) is 4.39 Å². The highest BCUT2D eigenvalue weighted by Crippen LogP contribution is 2.26. The monoisotopic (exact) mass is 406 g/mol. The van der Waals surface area contributed by atoms with E-state index in [2.05, 4.69) is 11.9 Å². The van der Waals surface area contributed by atoms with E-state index in [-0.39, 0.29) is 18.3 Å². The molecule has 2 aromatic carbocycles. The summed E-state index contributed by atoms with van der Waals surface area (Å²) in [6.07, 6.45) is 2.08. The third-order valence-electron chi connectivity index (χ3n) is 5.41. The predicted molar refractivity (Wildman–Crippen MR) is 112 cm³/mol. The van der Waals surface area contributed by atoms with Gasteiger partial charge in [-0.1, -0.05) is 25.1 Å². The zero-order valence-corrected chi connectivity index (χ0v) is 16.8. The summed E-state index contributed by atoms with van der Waals surface area (Å²) >= 11 is 0. The molecule has 154 valence electrons. The van der Waals surface area contributed by atoms with E-state index in [0.717, 1.165) is 12.8 Å². The van der Waals surface area contributed by atoms with Crippen molar-refractivity contribution in [3.63, 3.8) is 0 Å². The maximum atomic E-state index is 13.3. The van der Waals surface area contributed by atoms with Crippen molar-refractivity contribution < 1.29 is 18.7 Å². The highest BCUT2D eigenvalue weighted by molar-refractivity contribution is 6.05. The molecule has 0 radical (unpaired) electrons. The molecule has 0 aliphatic carbocycles. The molecular weight excluding hydrogens is 383 g/mol. The van der Waals surface area contributed by atoms with Gasteiger partial charge in [0.1, 0.15) is 5.82 Å². The number of amides is 1. The van der Waals surface area contributed by atoms with Crippen LogP contribution < -0.4 is 0 Å². The highest BCUT2D eigenvalue weighted by atomic mass is 19.1. The zero-order valence-electron chi connectivity index (χ0n) is 16.8. The molecule has 1 saturated heterocycles. The molecule has 1 amide bonds. The van der Waals surface area contributed by atoms with Gasteiger partial charge in [-0.15, -0.1) is 0 Å². The molecule has 0 unspecified atom stereocenters. The van der Waals surface area contributed by atoms with E-state index in [4.69, 9.17) is 4.74 Å². The number of piperidine rings is 1. The van der Waals surface area contributed by atoms with Gasteiger partial charge in [-0.05, 0) is 55.2 Å². The molecule has 1 aromatic heterocycles. The van der Waals surface area contributed by atoms with E-state index < -0.39 is 5.97 Å². The van der Waals surface area contributed by atoms with Gasteiger partial charge in [0, 0.05) is 24.0 Å². The number of hydrogen-bond acceptors (Lipinski definition) is 4. The second-order valence-corrected chi connectivity index (χ2v) is 7.74. The van der Waals surface area contributed by atoms with Gasteiger partial charge in [0.2, 0.25) is 0 Å². The average Bonchev–Trinajstić information content (AvgIpc) is 2.77. The summed E-state index contributed by atoms with van der Waals surface area (Å²) in [5.41, 5.74) is 2.19. The standard InChI is InChI=1S/C24H23FN2O3/c1-16-5-4-12-27(14-16)23(28)15-30-24(29)20-13-22(17-8-10-18(25)11-9-17)26-21-7-3-2-6-19(20)21/h2-3,6-11,13,16H,4-5,12,14-15H2,1H3/t16-/m1/s1. The number of fused-ring (bicyclic) bond motifs is 1. The number of pyridine rings is 1. The van der Waals surface area contributed by atoms with Crippen molar-refractivity contribution >= 4 is 22.8 Å². The molecule has 2 heterocycles. The SMILES string of the molecule is C[C@@H]1CCCN(C(=O)COC(=O)c2cc(-c3ccc(F)cc3)nc3ccccc23)C1. The fourth-order valence-corrected chi connectivity index (χ4v) is 3.83. The predicted octanol–water partition coefficient (Wildman–Crippen LogP) is 4.46. The first-order valence-corrected chi connectivity index (χ1v) is 10.1. The molecule has 1 fully saturated rings. The smallest absolute Gasteiger partial charge is 0.339 e. The van der Waals surface area contributed by atoms with Crippen LogP contribution in [0.3, 0.4) is 0 Å². The number of carbonyl (C=O) groups excluding carboxylic acids is 2. The Balaban J connectivity index is 1.58. The van der Waals surface area contributed by atoms with E-state index >= 15 is 0 Å². The molecular formula is C24H23FN2O3. The molecule has 4 rings (SSSR count). The van der Waals surface area contributed by atoms with Crippen LogP contribution in [0.1, 0.15) is 30.1 Å². The summed E-state index contributed by atoms with van der Waals surface area (Å²) in [5.74, 6) is -0.632. The van der Waals surface area contributed by atoms with Crippen LogP contribution in [0.5, 0.6) is 0 Å². The third-order valence-corrected chi connectivity index (χ3v) is 5.41. The summed E-state index contributed by atoms with van der Waals surface area (Å²) in [5, 5.41) is 0.646. The fourth-order valence-electron chi connectivity index (χ4n) is 3.83. The van der Waals surface area contributed by atoms with Crippen LogP contribution in [0, 0.1) is 11.7 Å².